The third-order valence-corrected chi connectivity index (χ3v) is 9.98. The molecule has 57 heavy (non-hydrogen) atoms. The van der Waals surface area contributed by atoms with Crippen LogP contribution >= 0.6 is 0 Å². The molecule has 0 aromatic heterocycles. The van der Waals surface area contributed by atoms with Crippen molar-refractivity contribution >= 4 is 17.9 Å². The molecule has 0 heterocycles. The molecule has 2 atom stereocenters. The van der Waals surface area contributed by atoms with Crippen LogP contribution in [0.15, 0.2) is 60.8 Å². The minimum Gasteiger partial charge on any atom is -0.477 e. The summed E-state index contributed by atoms with van der Waals surface area (Å²) in [6.07, 6.45) is 48.2. The third-order valence-electron chi connectivity index (χ3n) is 9.98. The molecule has 0 amide bonds. The van der Waals surface area contributed by atoms with Crippen LogP contribution in [0.3, 0.4) is 0 Å². The number of hydrogen-bond donors (Lipinski definition) is 1. The van der Waals surface area contributed by atoms with E-state index in [9.17, 15) is 19.5 Å². The number of allylic oxidation sites excluding steroid dienone is 10. The second-order valence-corrected chi connectivity index (χ2v) is 16.4. The SMILES string of the molecule is CCCCC/C=C/C=C/C=C/C=C/CCCCCCCC(=O)OC(COCCC(C(=O)O)[N+](C)(C)C)COC(=O)CCCCCCCCC/C=C/CCCCCC. The summed E-state index contributed by atoms with van der Waals surface area (Å²) in [6, 6.07) is -0.622. The van der Waals surface area contributed by atoms with E-state index in [2.05, 4.69) is 74.6 Å². The first-order valence-corrected chi connectivity index (χ1v) is 22.9. The Kier molecular flexibility index (Phi) is 37.8. The third kappa shape index (κ3) is 38.3. The Bertz CT molecular complexity index is 1120. The zero-order valence-electron chi connectivity index (χ0n) is 37.3. The van der Waals surface area contributed by atoms with Crippen LogP contribution in [0.1, 0.15) is 181 Å². The average Bonchev–Trinajstić information content (AvgIpc) is 3.17. The number of ether oxygens (including phenoxy) is 3. The molecule has 328 valence electrons. The highest BCUT2D eigenvalue weighted by Crippen LogP contribution is 2.14. The van der Waals surface area contributed by atoms with Gasteiger partial charge in [-0.15, -0.1) is 0 Å². The van der Waals surface area contributed by atoms with E-state index < -0.39 is 18.1 Å². The van der Waals surface area contributed by atoms with Gasteiger partial charge in [-0.3, -0.25) is 9.59 Å². The van der Waals surface area contributed by atoms with Crippen LogP contribution in [0.25, 0.3) is 0 Å². The van der Waals surface area contributed by atoms with Gasteiger partial charge in [0, 0.05) is 19.3 Å². The summed E-state index contributed by atoms with van der Waals surface area (Å²) in [5.74, 6) is -1.51. The highest BCUT2D eigenvalue weighted by atomic mass is 16.6. The van der Waals surface area contributed by atoms with Gasteiger partial charge in [-0.2, -0.15) is 0 Å². The Morgan fingerprint density at radius 2 is 0.947 bits per heavy atom. The maximum absolute atomic E-state index is 12.7. The van der Waals surface area contributed by atoms with Crippen molar-refractivity contribution in [1.29, 1.82) is 0 Å². The Hall–Kier alpha value is -2.97. The largest absolute Gasteiger partial charge is 0.477 e. The Morgan fingerprint density at radius 1 is 0.526 bits per heavy atom. The van der Waals surface area contributed by atoms with Gasteiger partial charge in [0.05, 0.1) is 34.4 Å². The van der Waals surface area contributed by atoms with Crippen molar-refractivity contribution < 1.29 is 38.2 Å². The standard InChI is InChI=1S/C49H85NO7/c1-6-8-10-12-14-16-18-20-22-23-24-26-28-30-32-34-36-38-40-48(52)57-45(43-55-42-41-46(49(53)54)50(3,4)5)44-56-47(51)39-37-35-33-31-29-27-25-21-19-17-15-13-11-9-7-2/h14,16-20,22-24,26,45-46H,6-13,15,21,25,27-44H2,1-5H3/p+1/b16-14+,19-17+,20-18+,23-22+,26-24+. The number of carbonyl (C=O) groups excluding carboxylic acids is 2. The lowest BCUT2D eigenvalue weighted by Crippen LogP contribution is -2.50. The van der Waals surface area contributed by atoms with E-state index in [1.165, 1.54) is 83.5 Å². The molecule has 0 aliphatic rings. The number of carboxylic acids is 1. The van der Waals surface area contributed by atoms with Gasteiger partial charge < -0.3 is 23.8 Å². The normalized spacial score (nSPS) is 13.5. The van der Waals surface area contributed by atoms with E-state index in [0.29, 0.717) is 19.3 Å². The summed E-state index contributed by atoms with van der Waals surface area (Å²) >= 11 is 0. The molecule has 0 radical (unpaired) electrons. The van der Waals surface area contributed by atoms with Crippen molar-refractivity contribution in [3.63, 3.8) is 0 Å². The fraction of sp³-hybridized carbons (Fsp3) is 0.735. The van der Waals surface area contributed by atoms with Crippen LogP contribution in [-0.2, 0) is 28.6 Å². The number of esters is 2. The molecule has 0 aromatic carbocycles. The van der Waals surface area contributed by atoms with Gasteiger partial charge in [0.25, 0.3) is 0 Å². The molecular weight excluding hydrogens is 715 g/mol. The number of quaternary nitrogens is 1. The second kappa shape index (κ2) is 39.8. The van der Waals surface area contributed by atoms with E-state index in [4.69, 9.17) is 14.2 Å². The quantitative estimate of drug-likeness (QED) is 0.0217. The molecule has 2 unspecified atom stereocenters. The molecule has 0 saturated heterocycles. The molecule has 1 N–H and O–H groups in total. The fourth-order valence-corrected chi connectivity index (χ4v) is 6.39. The smallest absolute Gasteiger partial charge is 0.362 e. The first-order chi connectivity index (χ1) is 27.6. The average molecular weight is 801 g/mol. The zero-order chi connectivity index (χ0) is 42.1. The molecule has 0 aromatic rings. The van der Waals surface area contributed by atoms with Crippen LogP contribution in [0.2, 0.25) is 0 Å². The zero-order valence-corrected chi connectivity index (χ0v) is 37.3. The molecule has 0 saturated carbocycles. The van der Waals surface area contributed by atoms with Crippen molar-refractivity contribution in [2.75, 3.05) is 41.0 Å². The van der Waals surface area contributed by atoms with Crippen LogP contribution in [0.4, 0.5) is 0 Å². The summed E-state index contributed by atoms with van der Waals surface area (Å²) in [5, 5.41) is 9.62. The highest BCUT2D eigenvalue weighted by molar-refractivity contribution is 5.72. The highest BCUT2D eigenvalue weighted by Gasteiger charge is 2.31. The molecule has 0 bridgehead atoms. The summed E-state index contributed by atoms with van der Waals surface area (Å²) < 4.78 is 17.3. The maximum Gasteiger partial charge on any atom is 0.362 e. The predicted molar refractivity (Wildman–Crippen MR) is 238 cm³/mol. The first-order valence-electron chi connectivity index (χ1n) is 22.9. The molecule has 0 rings (SSSR count). The Labute approximate surface area is 349 Å². The lowest BCUT2D eigenvalue weighted by atomic mass is 10.1. The monoisotopic (exact) mass is 801 g/mol. The number of hydrogen-bond acceptors (Lipinski definition) is 6. The van der Waals surface area contributed by atoms with Crippen molar-refractivity contribution in [2.45, 2.75) is 193 Å². The molecule has 0 aliphatic heterocycles. The Balaban J connectivity index is 4.40. The van der Waals surface area contributed by atoms with Gasteiger partial charge in [-0.05, 0) is 64.2 Å². The lowest BCUT2D eigenvalue weighted by Gasteiger charge is -2.31. The van der Waals surface area contributed by atoms with Crippen LogP contribution in [0.5, 0.6) is 0 Å². The topological polar surface area (TPSA) is 99.1 Å². The number of unbranched alkanes of at least 4 members (excludes halogenated alkanes) is 19. The number of carboxylic acid groups (broad SMARTS) is 1. The predicted octanol–water partition coefficient (Wildman–Crippen LogP) is 12.6. The van der Waals surface area contributed by atoms with E-state index >= 15 is 0 Å². The van der Waals surface area contributed by atoms with E-state index in [1.54, 1.807) is 0 Å². The fourth-order valence-electron chi connectivity index (χ4n) is 6.39. The number of aliphatic carboxylic acids is 1. The molecule has 0 aliphatic carbocycles. The minimum atomic E-state index is -0.882. The van der Waals surface area contributed by atoms with Crippen molar-refractivity contribution in [2.24, 2.45) is 0 Å². The molecule has 8 heteroatoms. The summed E-state index contributed by atoms with van der Waals surface area (Å²) in [4.78, 5) is 37.0. The van der Waals surface area contributed by atoms with Gasteiger partial charge in [0.2, 0.25) is 0 Å². The number of carbonyl (C=O) groups is 3. The maximum atomic E-state index is 12.7. The van der Waals surface area contributed by atoms with Gasteiger partial charge in [0.1, 0.15) is 6.61 Å². The van der Waals surface area contributed by atoms with E-state index in [1.807, 2.05) is 21.1 Å². The summed E-state index contributed by atoms with van der Waals surface area (Å²) in [6.45, 7) is 4.65. The summed E-state index contributed by atoms with van der Waals surface area (Å²) in [5.41, 5.74) is 0. The van der Waals surface area contributed by atoms with Gasteiger partial charge >= 0.3 is 17.9 Å². The van der Waals surface area contributed by atoms with E-state index in [-0.39, 0.29) is 36.2 Å². The minimum absolute atomic E-state index is 0.0480. The van der Waals surface area contributed by atoms with Crippen LogP contribution in [-0.4, -0.2) is 80.6 Å². The number of nitrogens with zero attached hydrogens (tertiary/aromatic N) is 1. The Morgan fingerprint density at radius 3 is 1.46 bits per heavy atom. The lowest BCUT2D eigenvalue weighted by molar-refractivity contribution is -0.887. The molecular formula is C49H86NO7+. The van der Waals surface area contributed by atoms with Crippen molar-refractivity contribution in [1.82, 2.24) is 0 Å². The van der Waals surface area contributed by atoms with Crippen molar-refractivity contribution in [3.05, 3.63) is 60.8 Å². The van der Waals surface area contributed by atoms with Crippen LogP contribution < -0.4 is 0 Å². The van der Waals surface area contributed by atoms with Gasteiger partial charge in [0.15, 0.2) is 12.1 Å². The number of rotatable bonds is 40. The van der Waals surface area contributed by atoms with Gasteiger partial charge in [-0.1, -0.05) is 158 Å². The van der Waals surface area contributed by atoms with Crippen LogP contribution in [0, 0.1) is 0 Å². The van der Waals surface area contributed by atoms with E-state index in [0.717, 1.165) is 64.2 Å². The number of likely N-dealkylation sites (N-methyl/N-ethyl adjacent to an activating group) is 1. The second-order valence-electron chi connectivity index (χ2n) is 16.4. The van der Waals surface area contributed by atoms with Crippen molar-refractivity contribution in [3.8, 4) is 0 Å². The first kappa shape index (κ1) is 54.0. The van der Waals surface area contributed by atoms with Gasteiger partial charge in [-0.25, -0.2) is 4.79 Å². The molecule has 0 fully saturated rings. The molecule has 0 spiro atoms. The molecule has 8 nitrogen and oxygen atoms in total. The summed E-state index contributed by atoms with van der Waals surface area (Å²) in [7, 11) is 5.51.